The van der Waals surface area contributed by atoms with Gasteiger partial charge in [0.1, 0.15) is 17.5 Å². The van der Waals surface area contributed by atoms with Crippen molar-refractivity contribution in [2.24, 2.45) is 23.3 Å². The molecule has 5 atom stereocenters. The van der Waals surface area contributed by atoms with Crippen LogP contribution in [0.3, 0.4) is 0 Å². The highest BCUT2D eigenvalue weighted by Crippen LogP contribution is 2.49. The molecule has 4 aromatic carbocycles. The SMILES string of the molecule is NCc1cccc(C2CCN(C(=O)c3cccc(O[C@H]4CC5CCC4C4OB(c6cccc7[nH]c(C(=O)N8CCC(c9cccc(CN)c9)CC8)cc67)OC54)c3)CC2)c1. The molecule has 11 heteroatoms. The van der Waals surface area contributed by atoms with Crippen molar-refractivity contribution in [3.05, 3.63) is 131 Å². The van der Waals surface area contributed by atoms with Gasteiger partial charge in [-0.05, 0) is 126 Å². The van der Waals surface area contributed by atoms with Crippen LogP contribution in [0, 0.1) is 11.8 Å². The summed E-state index contributed by atoms with van der Waals surface area (Å²) in [5.41, 5.74) is 19.8. The number of amides is 2. The van der Waals surface area contributed by atoms with Gasteiger partial charge in [0.2, 0.25) is 0 Å². The number of H-pyrrole nitrogens is 1. The number of piperidine rings is 2. The van der Waals surface area contributed by atoms with E-state index in [4.69, 9.17) is 25.5 Å². The second-order valence-electron chi connectivity index (χ2n) is 17.5. The number of fused-ring (bicyclic) bond motifs is 3. The summed E-state index contributed by atoms with van der Waals surface area (Å²) < 4.78 is 20.3. The number of hydrogen-bond donors (Lipinski definition) is 3. The molecule has 11 rings (SSSR count). The first-order valence-electron chi connectivity index (χ1n) is 21.8. The number of carbonyl (C=O) groups excluding carboxylic acids is 2. The lowest BCUT2D eigenvalue weighted by atomic mass is 9.65. The van der Waals surface area contributed by atoms with E-state index >= 15 is 0 Å². The first-order chi connectivity index (χ1) is 28.9. The third kappa shape index (κ3) is 7.47. The van der Waals surface area contributed by atoms with E-state index in [1.54, 1.807) is 0 Å². The number of nitrogens with two attached hydrogens (primary N) is 2. The number of rotatable bonds is 9. The standard InChI is InChI=1S/C48H54BN5O5/c50-28-30-5-1-7-34(23-30)32-15-19-53(20-16-32)47(55)37-9-3-10-38(25-37)57-44-26-36-13-14-39(44)46-45(36)58-49(59-46)41-11-4-12-42-40(41)27-43(52-42)48(56)54-21-17-33(18-22-54)35-8-2-6-31(24-35)29-51/h1-12,23-25,27,32-33,36,39,44-46,52H,13-22,26,28-29,50-51H2/t36?,39?,44-,45?,46?/m0/s1. The second kappa shape index (κ2) is 16.3. The minimum absolute atomic E-state index is 0.00522. The summed E-state index contributed by atoms with van der Waals surface area (Å²) in [6.45, 7) is 3.97. The number of ether oxygens (including phenoxy) is 1. The van der Waals surface area contributed by atoms with Crippen LogP contribution >= 0.6 is 0 Å². The Morgan fingerprint density at radius 2 is 1.32 bits per heavy atom. The average molecular weight is 792 g/mol. The number of likely N-dealkylation sites (tertiary alicyclic amines) is 2. The van der Waals surface area contributed by atoms with Crippen LogP contribution in [0.4, 0.5) is 0 Å². The molecule has 59 heavy (non-hydrogen) atoms. The van der Waals surface area contributed by atoms with Crippen molar-refractivity contribution in [3.63, 3.8) is 0 Å². The highest BCUT2D eigenvalue weighted by Gasteiger charge is 2.57. The molecule has 0 radical (unpaired) electrons. The summed E-state index contributed by atoms with van der Waals surface area (Å²) >= 11 is 0. The summed E-state index contributed by atoms with van der Waals surface area (Å²) in [5.74, 6) is 2.18. The fourth-order valence-corrected chi connectivity index (χ4v) is 10.8. The van der Waals surface area contributed by atoms with E-state index < -0.39 is 7.12 Å². The molecule has 4 heterocycles. The zero-order valence-electron chi connectivity index (χ0n) is 33.6. The minimum Gasteiger partial charge on any atom is -0.490 e. The molecule has 3 saturated heterocycles. The van der Waals surface area contributed by atoms with Crippen LogP contribution in [-0.4, -0.2) is 78.2 Å². The average Bonchev–Trinajstić information content (AvgIpc) is 3.96. The summed E-state index contributed by atoms with van der Waals surface area (Å²) in [6, 6.07) is 32.9. The molecule has 3 aliphatic heterocycles. The van der Waals surface area contributed by atoms with Gasteiger partial charge < -0.3 is 40.3 Å². The highest BCUT2D eigenvalue weighted by molar-refractivity contribution is 6.65. The van der Waals surface area contributed by atoms with E-state index in [1.165, 1.54) is 11.1 Å². The number of aromatic nitrogens is 1. The fraction of sp³-hybridized carbons (Fsp3) is 0.417. The molecule has 1 aromatic heterocycles. The van der Waals surface area contributed by atoms with Gasteiger partial charge in [0.25, 0.3) is 11.8 Å². The molecule has 304 valence electrons. The molecule has 2 bridgehead atoms. The molecule has 6 fully saturated rings. The van der Waals surface area contributed by atoms with Crippen LogP contribution in [0.15, 0.2) is 97.1 Å². The van der Waals surface area contributed by atoms with Gasteiger partial charge in [0.05, 0.1) is 12.2 Å². The monoisotopic (exact) mass is 791 g/mol. The Bertz CT molecular complexity index is 2330. The van der Waals surface area contributed by atoms with E-state index in [1.807, 2.05) is 52.3 Å². The van der Waals surface area contributed by atoms with Crippen molar-refractivity contribution < 1.29 is 23.6 Å². The number of hydrogen-bond acceptors (Lipinski definition) is 7. The van der Waals surface area contributed by atoms with E-state index in [0.29, 0.717) is 55.2 Å². The maximum atomic E-state index is 13.8. The van der Waals surface area contributed by atoms with Gasteiger partial charge >= 0.3 is 7.12 Å². The number of nitrogens with one attached hydrogen (secondary N) is 1. The second-order valence-corrected chi connectivity index (χ2v) is 17.5. The van der Waals surface area contributed by atoms with Crippen LogP contribution in [-0.2, 0) is 22.4 Å². The third-order valence-electron chi connectivity index (χ3n) is 14.1. The molecule has 4 unspecified atom stereocenters. The first kappa shape index (κ1) is 38.3. The van der Waals surface area contributed by atoms with Crippen LogP contribution in [0.5, 0.6) is 5.75 Å². The van der Waals surface area contributed by atoms with Gasteiger partial charge in [-0.1, -0.05) is 66.7 Å². The number of benzene rings is 4. The summed E-state index contributed by atoms with van der Waals surface area (Å²) in [6.07, 6.45) is 6.60. The van der Waals surface area contributed by atoms with E-state index in [0.717, 1.165) is 91.3 Å². The van der Waals surface area contributed by atoms with Gasteiger partial charge in [0.15, 0.2) is 0 Å². The Labute approximate surface area is 346 Å². The number of carbonyl (C=O) groups is 2. The maximum Gasteiger partial charge on any atom is 0.495 e. The lowest BCUT2D eigenvalue weighted by Gasteiger charge is -2.48. The topological polar surface area (TPSA) is 136 Å². The molecule has 3 saturated carbocycles. The fourth-order valence-electron chi connectivity index (χ4n) is 10.8. The lowest BCUT2D eigenvalue weighted by molar-refractivity contribution is -0.0909. The van der Waals surface area contributed by atoms with Crippen molar-refractivity contribution >= 4 is 35.3 Å². The quantitative estimate of drug-likeness (QED) is 0.146. The van der Waals surface area contributed by atoms with E-state index in [2.05, 4.69) is 59.6 Å². The first-order valence-corrected chi connectivity index (χ1v) is 21.8. The lowest BCUT2D eigenvalue weighted by Crippen LogP contribution is -2.54. The van der Waals surface area contributed by atoms with Crippen LogP contribution in [0.25, 0.3) is 10.9 Å². The van der Waals surface area contributed by atoms with Gasteiger partial charge in [-0.25, -0.2) is 0 Å². The van der Waals surface area contributed by atoms with E-state index in [9.17, 15) is 9.59 Å². The Balaban J connectivity index is 0.777. The molecular formula is C48H54BN5O5. The van der Waals surface area contributed by atoms with Crippen molar-refractivity contribution in [3.8, 4) is 5.75 Å². The van der Waals surface area contributed by atoms with Crippen LogP contribution in [0.1, 0.15) is 99.9 Å². The predicted octanol–water partition coefficient (Wildman–Crippen LogP) is 6.48. The molecule has 2 amide bonds. The Morgan fingerprint density at radius 3 is 2.00 bits per heavy atom. The Hall–Kier alpha value is -4.94. The molecule has 6 aliphatic rings. The molecule has 0 spiro atoms. The van der Waals surface area contributed by atoms with Gasteiger partial charge in [0, 0.05) is 56.3 Å². The Kier molecular flexibility index (Phi) is 10.5. The van der Waals surface area contributed by atoms with Crippen molar-refractivity contribution in [2.75, 3.05) is 26.2 Å². The molecule has 10 nitrogen and oxygen atoms in total. The van der Waals surface area contributed by atoms with Crippen molar-refractivity contribution in [1.82, 2.24) is 14.8 Å². The minimum atomic E-state index is -0.524. The molecule has 5 N–H and O–H groups in total. The zero-order chi connectivity index (χ0) is 40.0. The van der Waals surface area contributed by atoms with Crippen molar-refractivity contribution in [2.45, 2.75) is 88.2 Å². The number of nitrogens with zero attached hydrogens (tertiary/aromatic N) is 2. The maximum absolute atomic E-state index is 13.8. The Morgan fingerprint density at radius 1 is 0.695 bits per heavy atom. The van der Waals surface area contributed by atoms with Crippen molar-refractivity contribution in [1.29, 1.82) is 0 Å². The summed E-state index contributed by atoms with van der Waals surface area (Å²) in [5, 5.41) is 0.958. The zero-order valence-corrected chi connectivity index (χ0v) is 33.6. The molecular weight excluding hydrogens is 737 g/mol. The largest absolute Gasteiger partial charge is 0.495 e. The van der Waals surface area contributed by atoms with E-state index in [-0.39, 0.29) is 36.0 Å². The normalized spacial score (nSPS) is 24.8. The van der Waals surface area contributed by atoms with Crippen LogP contribution < -0.4 is 21.7 Å². The number of aromatic amines is 1. The van der Waals surface area contributed by atoms with Crippen LogP contribution in [0.2, 0.25) is 0 Å². The summed E-state index contributed by atoms with van der Waals surface area (Å²) in [4.78, 5) is 34.9. The smallest absolute Gasteiger partial charge is 0.490 e. The highest BCUT2D eigenvalue weighted by atomic mass is 16.7. The van der Waals surface area contributed by atoms with Gasteiger partial charge in [-0.15, -0.1) is 0 Å². The molecule has 3 aliphatic carbocycles. The molecule has 5 aromatic rings. The van der Waals surface area contributed by atoms with Gasteiger partial charge in [-0.2, -0.15) is 0 Å². The summed E-state index contributed by atoms with van der Waals surface area (Å²) in [7, 11) is -0.524. The van der Waals surface area contributed by atoms with Gasteiger partial charge in [-0.3, -0.25) is 9.59 Å². The predicted molar refractivity (Wildman–Crippen MR) is 230 cm³/mol. The third-order valence-corrected chi connectivity index (χ3v) is 14.1.